The summed E-state index contributed by atoms with van der Waals surface area (Å²) in [6.45, 7) is 2.43. The summed E-state index contributed by atoms with van der Waals surface area (Å²) in [7, 11) is 0. The first-order valence-corrected chi connectivity index (χ1v) is 5.38. The Bertz CT molecular complexity index is 305. The molecule has 5 heteroatoms. The molecule has 1 N–H and O–H groups in total. The van der Waals surface area contributed by atoms with Crippen LogP contribution in [0.25, 0.3) is 0 Å². The van der Waals surface area contributed by atoms with Crippen molar-refractivity contribution in [2.24, 2.45) is 0 Å². The predicted octanol–water partition coefficient (Wildman–Crippen LogP) is 1.23. The first kappa shape index (κ1) is 10.6. The van der Waals surface area contributed by atoms with Gasteiger partial charge in [-0.25, -0.2) is 0 Å². The summed E-state index contributed by atoms with van der Waals surface area (Å²) in [5.41, 5.74) is 0. The minimum atomic E-state index is -0.696. The Morgan fingerprint density at radius 2 is 2.40 bits per heavy atom. The highest BCUT2D eigenvalue weighted by molar-refractivity contribution is 4.91. The normalized spacial score (nSPS) is 24.0. The quantitative estimate of drug-likeness (QED) is 0.816. The molecule has 0 aromatic carbocycles. The minimum Gasteiger partial charge on any atom is -0.384 e. The fourth-order valence-corrected chi connectivity index (χ4v) is 1.69. The van der Waals surface area contributed by atoms with Crippen LogP contribution >= 0.6 is 0 Å². The van der Waals surface area contributed by atoms with Crippen LogP contribution in [-0.4, -0.2) is 28.0 Å². The standard InChI is InChI=1S/C10H16N2O3/c1-7(13)10-11-9(12-15-10)6-8-4-2-3-5-14-8/h7-8,13H,2-6H2,1H3/t7-,8?/m0/s1. The molecule has 0 radical (unpaired) electrons. The van der Waals surface area contributed by atoms with Crippen molar-refractivity contribution in [3.05, 3.63) is 11.7 Å². The van der Waals surface area contributed by atoms with E-state index in [9.17, 15) is 5.11 Å². The van der Waals surface area contributed by atoms with Crippen molar-refractivity contribution in [1.29, 1.82) is 0 Å². The van der Waals surface area contributed by atoms with E-state index >= 15 is 0 Å². The number of aromatic nitrogens is 2. The first-order valence-electron chi connectivity index (χ1n) is 5.38. The van der Waals surface area contributed by atoms with Crippen LogP contribution in [0.1, 0.15) is 44.0 Å². The van der Waals surface area contributed by atoms with Gasteiger partial charge in [0.15, 0.2) is 5.82 Å². The highest BCUT2D eigenvalue weighted by atomic mass is 16.5. The molecule has 0 spiro atoms. The number of aliphatic hydroxyl groups is 1. The highest BCUT2D eigenvalue weighted by Crippen LogP contribution is 2.17. The lowest BCUT2D eigenvalue weighted by Gasteiger charge is -2.20. The zero-order valence-electron chi connectivity index (χ0n) is 8.85. The largest absolute Gasteiger partial charge is 0.384 e. The van der Waals surface area contributed by atoms with E-state index in [1.807, 2.05) is 0 Å². The van der Waals surface area contributed by atoms with Crippen LogP contribution in [-0.2, 0) is 11.2 Å². The second kappa shape index (κ2) is 4.72. The third kappa shape index (κ3) is 2.76. The van der Waals surface area contributed by atoms with Crippen molar-refractivity contribution in [3.63, 3.8) is 0 Å². The maximum atomic E-state index is 9.22. The van der Waals surface area contributed by atoms with Gasteiger partial charge in [0.1, 0.15) is 6.10 Å². The molecule has 1 aliphatic rings. The fourth-order valence-electron chi connectivity index (χ4n) is 1.69. The van der Waals surface area contributed by atoms with Crippen LogP contribution in [0, 0.1) is 0 Å². The molecule has 0 aliphatic carbocycles. The number of ether oxygens (including phenoxy) is 1. The van der Waals surface area contributed by atoms with Gasteiger partial charge in [-0.3, -0.25) is 0 Å². The molecule has 2 heterocycles. The molecule has 0 saturated carbocycles. The van der Waals surface area contributed by atoms with Crippen LogP contribution in [0.15, 0.2) is 4.52 Å². The van der Waals surface area contributed by atoms with E-state index in [4.69, 9.17) is 9.26 Å². The van der Waals surface area contributed by atoms with Crippen molar-refractivity contribution in [3.8, 4) is 0 Å². The molecular formula is C10H16N2O3. The Labute approximate surface area is 88.4 Å². The zero-order valence-corrected chi connectivity index (χ0v) is 8.85. The molecule has 1 aromatic heterocycles. The molecule has 1 unspecified atom stereocenters. The number of hydrogen-bond donors (Lipinski definition) is 1. The summed E-state index contributed by atoms with van der Waals surface area (Å²) in [6.07, 6.45) is 3.58. The Hall–Kier alpha value is -0.940. The van der Waals surface area contributed by atoms with Gasteiger partial charge in [0.2, 0.25) is 0 Å². The first-order chi connectivity index (χ1) is 7.25. The summed E-state index contributed by atoms with van der Waals surface area (Å²) < 4.78 is 10.5. The monoisotopic (exact) mass is 212 g/mol. The molecule has 0 bridgehead atoms. The summed E-state index contributed by atoms with van der Waals surface area (Å²) in [6, 6.07) is 0. The zero-order chi connectivity index (χ0) is 10.7. The molecule has 1 aliphatic heterocycles. The third-order valence-electron chi connectivity index (χ3n) is 2.53. The van der Waals surface area contributed by atoms with Crippen LogP contribution in [0.5, 0.6) is 0 Å². The molecule has 2 atom stereocenters. The SMILES string of the molecule is C[C@H](O)c1nc(CC2CCCCO2)no1. The van der Waals surface area contributed by atoms with Crippen LogP contribution < -0.4 is 0 Å². The maximum Gasteiger partial charge on any atom is 0.255 e. The minimum absolute atomic E-state index is 0.207. The smallest absolute Gasteiger partial charge is 0.255 e. The number of hydrogen-bond acceptors (Lipinski definition) is 5. The highest BCUT2D eigenvalue weighted by Gasteiger charge is 2.18. The van der Waals surface area contributed by atoms with Crippen LogP contribution in [0.2, 0.25) is 0 Å². The van der Waals surface area contributed by atoms with Crippen molar-refractivity contribution in [2.45, 2.75) is 44.8 Å². The number of aliphatic hydroxyl groups excluding tert-OH is 1. The summed E-state index contributed by atoms with van der Waals surface area (Å²) in [5, 5.41) is 13.0. The number of nitrogens with zero attached hydrogens (tertiary/aromatic N) is 2. The van der Waals surface area contributed by atoms with Gasteiger partial charge in [0.25, 0.3) is 5.89 Å². The number of rotatable bonds is 3. The third-order valence-corrected chi connectivity index (χ3v) is 2.53. The lowest BCUT2D eigenvalue weighted by Crippen LogP contribution is -2.21. The van der Waals surface area contributed by atoms with E-state index in [-0.39, 0.29) is 12.0 Å². The van der Waals surface area contributed by atoms with E-state index in [1.54, 1.807) is 6.92 Å². The Morgan fingerprint density at radius 1 is 1.53 bits per heavy atom. The van der Waals surface area contributed by atoms with Crippen molar-refractivity contribution >= 4 is 0 Å². The van der Waals surface area contributed by atoms with Gasteiger partial charge in [0, 0.05) is 13.0 Å². The average Bonchev–Trinajstić information content (AvgIpc) is 2.68. The molecule has 1 fully saturated rings. The topological polar surface area (TPSA) is 68.4 Å². The molecule has 84 valence electrons. The van der Waals surface area contributed by atoms with Gasteiger partial charge in [0.05, 0.1) is 6.10 Å². The van der Waals surface area contributed by atoms with Crippen molar-refractivity contribution in [2.75, 3.05) is 6.61 Å². The summed E-state index contributed by atoms with van der Waals surface area (Å²) >= 11 is 0. The lowest BCUT2D eigenvalue weighted by atomic mass is 10.1. The van der Waals surface area contributed by atoms with Gasteiger partial charge < -0.3 is 14.4 Å². The van der Waals surface area contributed by atoms with E-state index in [0.29, 0.717) is 12.2 Å². The van der Waals surface area contributed by atoms with Crippen molar-refractivity contribution in [1.82, 2.24) is 10.1 Å². The second-order valence-corrected chi connectivity index (χ2v) is 3.92. The van der Waals surface area contributed by atoms with Gasteiger partial charge >= 0.3 is 0 Å². The van der Waals surface area contributed by atoms with E-state index < -0.39 is 6.10 Å². The van der Waals surface area contributed by atoms with Gasteiger partial charge in [-0.1, -0.05) is 5.16 Å². The van der Waals surface area contributed by atoms with E-state index in [2.05, 4.69) is 10.1 Å². The molecule has 0 amide bonds. The molecule has 5 nitrogen and oxygen atoms in total. The Balaban J connectivity index is 1.91. The van der Waals surface area contributed by atoms with Crippen LogP contribution in [0.4, 0.5) is 0 Å². The van der Waals surface area contributed by atoms with Gasteiger partial charge in [-0.05, 0) is 26.2 Å². The fraction of sp³-hybridized carbons (Fsp3) is 0.800. The van der Waals surface area contributed by atoms with E-state index in [1.165, 1.54) is 6.42 Å². The maximum absolute atomic E-state index is 9.22. The lowest BCUT2D eigenvalue weighted by molar-refractivity contribution is 0.0153. The van der Waals surface area contributed by atoms with Crippen LogP contribution in [0.3, 0.4) is 0 Å². The predicted molar refractivity (Wildman–Crippen MR) is 52.2 cm³/mol. The van der Waals surface area contributed by atoms with Gasteiger partial charge in [-0.2, -0.15) is 4.98 Å². The van der Waals surface area contributed by atoms with Gasteiger partial charge in [-0.15, -0.1) is 0 Å². The Kier molecular flexibility index (Phi) is 3.33. The Morgan fingerprint density at radius 3 is 3.00 bits per heavy atom. The second-order valence-electron chi connectivity index (χ2n) is 3.92. The molecule has 1 saturated heterocycles. The van der Waals surface area contributed by atoms with Crippen molar-refractivity contribution < 1.29 is 14.4 Å². The summed E-state index contributed by atoms with van der Waals surface area (Å²) in [5.74, 6) is 0.901. The molecule has 1 aromatic rings. The molecule has 15 heavy (non-hydrogen) atoms. The molecular weight excluding hydrogens is 196 g/mol. The average molecular weight is 212 g/mol. The summed E-state index contributed by atoms with van der Waals surface area (Å²) in [4.78, 5) is 4.10. The van der Waals surface area contributed by atoms with E-state index in [0.717, 1.165) is 19.4 Å². The molecule has 2 rings (SSSR count).